The minimum Gasteiger partial charge on any atom is -0.467 e. The van der Waals surface area contributed by atoms with Crippen LogP contribution >= 0.6 is 11.8 Å². The van der Waals surface area contributed by atoms with E-state index in [4.69, 9.17) is 10.5 Å². The Morgan fingerprint density at radius 3 is 2.47 bits per heavy atom. The maximum Gasteiger partial charge on any atom is 0.321 e. The molecule has 0 unspecified atom stereocenters. The Morgan fingerprint density at radius 1 is 1.12 bits per heavy atom. The zero-order chi connectivity index (χ0) is 12.3. The van der Waals surface area contributed by atoms with E-state index < -0.39 is 0 Å². The molecule has 0 saturated heterocycles. The van der Waals surface area contributed by atoms with E-state index in [0.717, 1.165) is 5.56 Å². The van der Waals surface area contributed by atoms with E-state index in [0.29, 0.717) is 10.3 Å². The topological polar surface area (TPSA) is 99.7 Å². The molecule has 2 aromatic rings. The van der Waals surface area contributed by atoms with E-state index in [1.807, 2.05) is 6.92 Å². The second-order valence-electron chi connectivity index (χ2n) is 3.11. The summed E-state index contributed by atoms with van der Waals surface area (Å²) < 4.78 is 4.90. The fraction of sp³-hybridized carbons (Fsp3) is 0.222. The van der Waals surface area contributed by atoms with E-state index >= 15 is 0 Å². The summed E-state index contributed by atoms with van der Waals surface area (Å²) in [4.78, 5) is 20.0. The van der Waals surface area contributed by atoms with Crippen LogP contribution in [-0.2, 0) is 0 Å². The molecule has 8 heteroatoms. The molecule has 0 radical (unpaired) electrons. The molecule has 0 saturated carbocycles. The Hall–Kier alpha value is -1.96. The van der Waals surface area contributed by atoms with Crippen molar-refractivity contribution in [3.05, 3.63) is 18.0 Å². The van der Waals surface area contributed by atoms with Gasteiger partial charge in [0.1, 0.15) is 0 Å². The number of anilines is 1. The Morgan fingerprint density at radius 2 is 1.82 bits per heavy atom. The molecule has 88 valence electrons. The molecule has 0 amide bonds. The molecule has 0 spiro atoms. The second-order valence-corrected chi connectivity index (χ2v) is 4.04. The highest BCUT2D eigenvalue weighted by Gasteiger charge is 2.07. The first-order chi connectivity index (χ1) is 8.17. The summed E-state index contributed by atoms with van der Waals surface area (Å²) in [7, 11) is 1.46. The number of aryl methyl sites for hydroxylation is 1. The standard InChI is InChI=1S/C9H10N6OS/c1-5-3-11-8(12-4-5)17-9-14-6(10)13-7(15-9)16-2/h3-4H,1-2H3,(H2,10,13,14,15). The molecular formula is C9H10N6OS. The van der Waals surface area contributed by atoms with Crippen LogP contribution in [0.5, 0.6) is 6.01 Å². The van der Waals surface area contributed by atoms with Gasteiger partial charge in [-0.25, -0.2) is 9.97 Å². The number of nitrogen functional groups attached to an aromatic ring is 1. The van der Waals surface area contributed by atoms with Gasteiger partial charge in [-0.3, -0.25) is 0 Å². The molecule has 2 aromatic heterocycles. The number of ether oxygens (including phenoxy) is 1. The molecule has 0 aliphatic carbocycles. The van der Waals surface area contributed by atoms with Crippen LogP contribution in [0.2, 0.25) is 0 Å². The number of aromatic nitrogens is 5. The first kappa shape index (κ1) is 11.5. The van der Waals surface area contributed by atoms with E-state index in [1.165, 1.54) is 18.9 Å². The van der Waals surface area contributed by atoms with Crippen molar-refractivity contribution in [2.24, 2.45) is 0 Å². The quantitative estimate of drug-likeness (QED) is 0.795. The molecule has 17 heavy (non-hydrogen) atoms. The minimum absolute atomic E-state index is 0.103. The van der Waals surface area contributed by atoms with Crippen molar-refractivity contribution >= 4 is 17.7 Å². The van der Waals surface area contributed by atoms with Gasteiger partial charge in [0.2, 0.25) is 11.1 Å². The van der Waals surface area contributed by atoms with E-state index in [-0.39, 0.29) is 12.0 Å². The first-order valence-corrected chi connectivity index (χ1v) is 5.51. The van der Waals surface area contributed by atoms with Gasteiger partial charge in [0, 0.05) is 12.4 Å². The molecule has 2 N–H and O–H groups in total. The molecule has 0 atom stereocenters. The van der Waals surface area contributed by atoms with E-state index in [2.05, 4.69) is 24.9 Å². The van der Waals surface area contributed by atoms with Crippen LogP contribution in [0.25, 0.3) is 0 Å². The summed E-state index contributed by atoms with van der Waals surface area (Å²) in [6.45, 7) is 1.92. The smallest absolute Gasteiger partial charge is 0.321 e. The average molecular weight is 250 g/mol. The van der Waals surface area contributed by atoms with Crippen molar-refractivity contribution in [3.8, 4) is 6.01 Å². The van der Waals surface area contributed by atoms with Crippen LogP contribution in [0.1, 0.15) is 5.56 Å². The molecular weight excluding hydrogens is 240 g/mol. The van der Waals surface area contributed by atoms with Crippen molar-refractivity contribution in [2.45, 2.75) is 17.2 Å². The number of nitrogens with two attached hydrogens (primary N) is 1. The lowest BCUT2D eigenvalue weighted by Gasteiger charge is -2.02. The van der Waals surface area contributed by atoms with Gasteiger partial charge in [-0.1, -0.05) is 0 Å². The van der Waals surface area contributed by atoms with Crippen LogP contribution in [0, 0.1) is 6.92 Å². The highest BCUT2D eigenvalue weighted by atomic mass is 32.2. The lowest BCUT2D eigenvalue weighted by molar-refractivity contribution is 0.374. The molecule has 2 heterocycles. The molecule has 0 fully saturated rings. The van der Waals surface area contributed by atoms with Crippen molar-refractivity contribution < 1.29 is 4.74 Å². The number of hydrogen-bond donors (Lipinski definition) is 1. The Labute approximate surface area is 102 Å². The largest absolute Gasteiger partial charge is 0.467 e. The van der Waals surface area contributed by atoms with Gasteiger partial charge in [0.15, 0.2) is 5.16 Å². The van der Waals surface area contributed by atoms with Gasteiger partial charge in [0.05, 0.1) is 7.11 Å². The fourth-order valence-electron chi connectivity index (χ4n) is 1.00. The van der Waals surface area contributed by atoms with Crippen molar-refractivity contribution in [2.75, 3.05) is 12.8 Å². The normalized spacial score (nSPS) is 10.2. The summed E-state index contributed by atoms with van der Waals surface area (Å²) >= 11 is 1.20. The molecule has 0 aliphatic rings. The van der Waals surface area contributed by atoms with Crippen LogP contribution < -0.4 is 10.5 Å². The third-order valence-electron chi connectivity index (χ3n) is 1.73. The summed E-state index contributed by atoms with van der Waals surface area (Å²) in [5.41, 5.74) is 6.50. The second kappa shape index (κ2) is 4.91. The number of rotatable bonds is 3. The molecule has 7 nitrogen and oxygen atoms in total. The first-order valence-electron chi connectivity index (χ1n) is 4.69. The Bertz CT molecular complexity index is 517. The number of hydrogen-bond acceptors (Lipinski definition) is 8. The SMILES string of the molecule is COc1nc(N)nc(Sc2ncc(C)cn2)n1. The van der Waals surface area contributed by atoms with Gasteiger partial charge < -0.3 is 10.5 Å². The molecule has 0 aliphatic heterocycles. The van der Waals surface area contributed by atoms with Gasteiger partial charge in [-0.2, -0.15) is 15.0 Å². The fourth-order valence-corrected chi connectivity index (χ4v) is 1.64. The zero-order valence-electron chi connectivity index (χ0n) is 9.28. The Balaban J connectivity index is 2.23. The summed E-state index contributed by atoms with van der Waals surface area (Å²) in [5, 5.41) is 0.946. The third kappa shape index (κ3) is 3.00. The zero-order valence-corrected chi connectivity index (χ0v) is 10.1. The minimum atomic E-state index is 0.103. The molecule has 2 rings (SSSR count). The van der Waals surface area contributed by atoms with Crippen molar-refractivity contribution in [1.82, 2.24) is 24.9 Å². The summed E-state index contributed by atoms with van der Waals surface area (Å²) in [5.74, 6) is 0.103. The summed E-state index contributed by atoms with van der Waals surface area (Å²) in [6.07, 6.45) is 3.44. The van der Waals surface area contributed by atoms with Crippen molar-refractivity contribution in [3.63, 3.8) is 0 Å². The Kier molecular flexibility index (Phi) is 3.33. The van der Waals surface area contributed by atoms with Crippen LogP contribution in [0.4, 0.5) is 5.95 Å². The van der Waals surface area contributed by atoms with Crippen LogP contribution in [0.15, 0.2) is 22.7 Å². The van der Waals surface area contributed by atoms with E-state index in [9.17, 15) is 0 Å². The van der Waals surface area contributed by atoms with Gasteiger partial charge in [-0.15, -0.1) is 0 Å². The van der Waals surface area contributed by atoms with Crippen molar-refractivity contribution in [1.29, 1.82) is 0 Å². The number of nitrogens with zero attached hydrogens (tertiary/aromatic N) is 5. The summed E-state index contributed by atoms with van der Waals surface area (Å²) in [6, 6.07) is 0.173. The number of methoxy groups -OCH3 is 1. The lowest BCUT2D eigenvalue weighted by atomic mass is 10.4. The predicted octanol–water partition coefficient (Wildman–Crippen LogP) is 0.712. The third-order valence-corrected chi connectivity index (χ3v) is 2.49. The van der Waals surface area contributed by atoms with E-state index in [1.54, 1.807) is 12.4 Å². The van der Waals surface area contributed by atoms with Gasteiger partial charge in [0.25, 0.3) is 0 Å². The monoisotopic (exact) mass is 250 g/mol. The van der Waals surface area contributed by atoms with Crippen LogP contribution in [-0.4, -0.2) is 32.0 Å². The van der Waals surface area contributed by atoms with Crippen LogP contribution in [0.3, 0.4) is 0 Å². The molecule has 0 bridgehead atoms. The lowest BCUT2D eigenvalue weighted by Crippen LogP contribution is -2.02. The maximum absolute atomic E-state index is 5.52. The predicted molar refractivity (Wildman–Crippen MR) is 61.7 cm³/mol. The highest BCUT2D eigenvalue weighted by molar-refractivity contribution is 7.99. The molecule has 0 aromatic carbocycles. The van der Waals surface area contributed by atoms with Gasteiger partial charge >= 0.3 is 6.01 Å². The van der Waals surface area contributed by atoms with Gasteiger partial charge in [-0.05, 0) is 24.2 Å². The average Bonchev–Trinajstić information content (AvgIpc) is 2.31. The maximum atomic E-state index is 5.52. The highest BCUT2D eigenvalue weighted by Crippen LogP contribution is 2.22.